The van der Waals surface area contributed by atoms with Crippen LogP contribution in [0.4, 0.5) is 5.69 Å². The molecule has 1 amide bonds. The van der Waals surface area contributed by atoms with Crippen LogP contribution in [0.15, 0.2) is 70.7 Å². The molecule has 214 valence electrons. The van der Waals surface area contributed by atoms with Crippen LogP contribution in [0.1, 0.15) is 31.4 Å². The summed E-state index contributed by atoms with van der Waals surface area (Å²) in [5.74, 6) is 1.17. The van der Waals surface area contributed by atoms with Crippen molar-refractivity contribution >= 4 is 27.8 Å². The average molecular weight is 570 g/mol. The van der Waals surface area contributed by atoms with Gasteiger partial charge < -0.3 is 18.9 Å². The number of rotatable bonds is 14. The molecule has 0 spiro atoms. The summed E-state index contributed by atoms with van der Waals surface area (Å²) in [6.45, 7) is 6.20. The van der Waals surface area contributed by atoms with Gasteiger partial charge in [0.25, 0.3) is 15.9 Å². The second-order valence-corrected chi connectivity index (χ2v) is 10.5. The molecular weight excluding hydrogens is 534 g/mol. The summed E-state index contributed by atoms with van der Waals surface area (Å²) in [6, 6.07) is 16.4. The molecule has 0 aliphatic carbocycles. The van der Waals surface area contributed by atoms with Crippen molar-refractivity contribution in [3.8, 4) is 23.0 Å². The molecule has 10 nitrogen and oxygen atoms in total. The van der Waals surface area contributed by atoms with Crippen molar-refractivity contribution in [2.24, 2.45) is 5.10 Å². The van der Waals surface area contributed by atoms with Gasteiger partial charge in [-0.15, -0.1) is 0 Å². The molecule has 3 aromatic rings. The monoisotopic (exact) mass is 569 g/mol. The molecule has 3 rings (SSSR count). The van der Waals surface area contributed by atoms with Crippen molar-refractivity contribution < 1.29 is 32.2 Å². The highest BCUT2D eigenvalue weighted by Crippen LogP contribution is 2.35. The van der Waals surface area contributed by atoms with E-state index in [1.54, 1.807) is 42.5 Å². The molecular formula is C29H35N3O7S. The van der Waals surface area contributed by atoms with Crippen LogP contribution in [0.5, 0.6) is 23.0 Å². The zero-order valence-electron chi connectivity index (χ0n) is 23.3. The third-order valence-electron chi connectivity index (χ3n) is 5.68. The van der Waals surface area contributed by atoms with Crippen LogP contribution in [-0.4, -0.2) is 54.5 Å². The number of methoxy groups -OCH3 is 2. The predicted octanol–water partition coefficient (Wildman–Crippen LogP) is 4.55. The second kappa shape index (κ2) is 14.2. The Morgan fingerprint density at radius 3 is 2.30 bits per heavy atom. The number of anilines is 1. The SMILES string of the molecule is CCCOc1ccc(/C=N\NC(=O)CN(c2cc(OC)ccc2OC)S(=O)(=O)c2ccc(C)cc2)cc1OCC. The molecule has 0 aliphatic heterocycles. The Morgan fingerprint density at radius 2 is 1.65 bits per heavy atom. The van der Waals surface area contributed by atoms with E-state index in [1.807, 2.05) is 20.8 Å². The van der Waals surface area contributed by atoms with Crippen LogP contribution in [0.3, 0.4) is 0 Å². The quantitative estimate of drug-likeness (QED) is 0.224. The van der Waals surface area contributed by atoms with Crippen molar-refractivity contribution in [3.05, 3.63) is 71.8 Å². The van der Waals surface area contributed by atoms with Gasteiger partial charge >= 0.3 is 0 Å². The fraction of sp³-hybridized carbons (Fsp3) is 0.310. The van der Waals surface area contributed by atoms with Crippen molar-refractivity contribution in [1.29, 1.82) is 0 Å². The van der Waals surface area contributed by atoms with E-state index < -0.39 is 22.5 Å². The maximum Gasteiger partial charge on any atom is 0.264 e. The molecule has 0 atom stereocenters. The zero-order chi connectivity index (χ0) is 29.1. The van der Waals surface area contributed by atoms with Gasteiger partial charge in [-0.25, -0.2) is 13.8 Å². The lowest BCUT2D eigenvalue weighted by Gasteiger charge is -2.25. The van der Waals surface area contributed by atoms with Gasteiger partial charge in [-0.05, 0) is 68.3 Å². The first-order valence-electron chi connectivity index (χ1n) is 12.8. The summed E-state index contributed by atoms with van der Waals surface area (Å²) >= 11 is 0. The normalized spacial score (nSPS) is 11.2. The van der Waals surface area contributed by atoms with E-state index >= 15 is 0 Å². The van der Waals surface area contributed by atoms with Crippen molar-refractivity contribution in [2.75, 3.05) is 38.3 Å². The van der Waals surface area contributed by atoms with E-state index in [9.17, 15) is 13.2 Å². The lowest BCUT2D eigenvalue weighted by Crippen LogP contribution is -2.39. The van der Waals surface area contributed by atoms with Crippen LogP contribution < -0.4 is 28.7 Å². The van der Waals surface area contributed by atoms with Crippen LogP contribution in [0.2, 0.25) is 0 Å². The van der Waals surface area contributed by atoms with Gasteiger partial charge in [-0.1, -0.05) is 24.6 Å². The van der Waals surface area contributed by atoms with Gasteiger partial charge in [-0.2, -0.15) is 5.10 Å². The summed E-state index contributed by atoms with van der Waals surface area (Å²) in [6.07, 6.45) is 2.30. The number of amides is 1. The molecule has 0 unspecified atom stereocenters. The highest BCUT2D eigenvalue weighted by molar-refractivity contribution is 7.92. The number of hydrogen-bond donors (Lipinski definition) is 1. The Balaban J connectivity index is 1.88. The molecule has 0 fully saturated rings. The van der Waals surface area contributed by atoms with Crippen molar-refractivity contribution in [3.63, 3.8) is 0 Å². The zero-order valence-corrected chi connectivity index (χ0v) is 24.2. The molecule has 0 saturated heterocycles. The summed E-state index contributed by atoms with van der Waals surface area (Å²) < 4.78 is 50.5. The summed E-state index contributed by atoms with van der Waals surface area (Å²) in [4.78, 5) is 13.0. The highest BCUT2D eigenvalue weighted by Gasteiger charge is 2.30. The van der Waals surface area contributed by atoms with E-state index in [1.165, 1.54) is 38.6 Å². The lowest BCUT2D eigenvalue weighted by molar-refractivity contribution is -0.119. The first-order chi connectivity index (χ1) is 19.2. The lowest BCUT2D eigenvalue weighted by atomic mass is 10.2. The molecule has 0 radical (unpaired) electrons. The predicted molar refractivity (Wildman–Crippen MR) is 154 cm³/mol. The summed E-state index contributed by atoms with van der Waals surface area (Å²) in [5, 5.41) is 4.03. The Kier molecular flexibility index (Phi) is 10.8. The number of hydrogen-bond acceptors (Lipinski definition) is 8. The highest BCUT2D eigenvalue weighted by atomic mass is 32.2. The molecule has 3 aromatic carbocycles. The first kappa shape index (κ1) is 30.3. The number of hydrazone groups is 1. The molecule has 0 aromatic heterocycles. The fourth-order valence-corrected chi connectivity index (χ4v) is 5.10. The number of nitrogens with one attached hydrogen (secondary N) is 1. The molecule has 11 heteroatoms. The van der Waals surface area contributed by atoms with E-state index in [0.717, 1.165) is 16.3 Å². The van der Waals surface area contributed by atoms with Crippen LogP contribution in [0.25, 0.3) is 0 Å². The molecule has 0 aliphatic rings. The van der Waals surface area contributed by atoms with E-state index in [-0.39, 0.29) is 16.3 Å². The minimum Gasteiger partial charge on any atom is -0.497 e. The Hall–Kier alpha value is -4.25. The molecule has 40 heavy (non-hydrogen) atoms. The van der Waals surface area contributed by atoms with Gasteiger partial charge in [0, 0.05) is 6.07 Å². The largest absolute Gasteiger partial charge is 0.497 e. The van der Waals surface area contributed by atoms with E-state index in [2.05, 4.69) is 10.5 Å². The smallest absolute Gasteiger partial charge is 0.264 e. The molecule has 0 saturated carbocycles. The number of ether oxygens (including phenoxy) is 4. The van der Waals surface area contributed by atoms with E-state index in [4.69, 9.17) is 18.9 Å². The maximum atomic E-state index is 13.7. The van der Waals surface area contributed by atoms with Gasteiger partial charge in [-0.3, -0.25) is 9.10 Å². The number of carbonyl (C=O) groups is 1. The Bertz CT molecular complexity index is 1420. The third kappa shape index (κ3) is 7.66. The van der Waals surface area contributed by atoms with Gasteiger partial charge in [0.05, 0.1) is 44.2 Å². The van der Waals surface area contributed by atoms with Crippen LogP contribution >= 0.6 is 0 Å². The summed E-state index contributed by atoms with van der Waals surface area (Å²) in [5.41, 5.74) is 4.11. The second-order valence-electron chi connectivity index (χ2n) is 8.64. The maximum absolute atomic E-state index is 13.7. The van der Waals surface area contributed by atoms with Crippen molar-refractivity contribution in [2.45, 2.75) is 32.1 Å². The van der Waals surface area contributed by atoms with Gasteiger partial charge in [0.15, 0.2) is 11.5 Å². The Labute approximate surface area is 235 Å². The number of aryl methyl sites for hydroxylation is 1. The minimum atomic E-state index is -4.17. The number of carbonyl (C=O) groups excluding carboxylic acids is 1. The number of sulfonamides is 1. The average Bonchev–Trinajstić information content (AvgIpc) is 2.95. The number of benzene rings is 3. The van der Waals surface area contributed by atoms with Gasteiger partial charge in [0.2, 0.25) is 0 Å². The Morgan fingerprint density at radius 1 is 0.925 bits per heavy atom. The summed E-state index contributed by atoms with van der Waals surface area (Å²) in [7, 11) is -1.29. The first-order valence-corrected chi connectivity index (χ1v) is 14.2. The number of nitrogens with zero attached hydrogens (tertiary/aromatic N) is 2. The van der Waals surface area contributed by atoms with E-state index in [0.29, 0.717) is 36.0 Å². The standard InChI is InChI=1S/C29H35N3O7S/c1-6-16-39-27-14-10-22(17-28(27)38-7-2)19-30-31-29(33)20-32(25-18-23(36-4)11-15-26(25)37-5)40(34,35)24-12-8-21(3)9-13-24/h8-15,17-19H,6-7,16,20H2,1-5H3,(H,31,33)/b30-19-. The van der Waals surface area contributed by atoms with Crippen LogP contribution in [0, 0.1) is 6.92 Å². The van der Waals surface area contributed by atoms with Gasteiger partial charge in [0.1, 0.15) is 18.0 Å². The van der Waals surface area contributed by atoms with Crippen molar-refractivity contribution in [1.82, 2.24) is 5.43 Å². The molecule has 0 bridgehead atoms. The third-order valence-corrected chi connectivity index (χ3v) is 7.46. The van der Waals surface area contributed by atoms with Crippen LogP contribution in [-0.2, 0) is 14.8 Å². The molecule has 0 heterocycles. The fourth-order valence-electron chi connectivity index (χ4n) is 3.68. The minimum absolute atomic E-state index is 0.0214. The molecule has 1 N–H and O–H groups in total. The topological polar surface area (TPSA) is 116 Å².